The number of hydrogen-bond acceptors (Lipinski definition) is 2. The van der Waals surface area contributed by atoms with E-state index in [4.69, 9.17) is 4.43 Å². The van der Waals surface area contributed by atoms with Crippen LogP contribution in [-0.4, -0.2) is 19.0 Å². The maximum atomic E-state index is 10.8. The molecule has 2 rings (SSSR count). The Hall–Kier alpha value is -0.643. The summed E-state index contributed by atoms with van der Waals surface area (Å²) in [6.45, 7) is 10.7. The minimum absolute atomic E-state index is 0.203. The van der Waals surface area contributed by atoms with Crippen molar-refractivity contribution in [3.8, 4) is 0 Å². The van der Waals surface area contributed by atoms with Crippen molar-refractivity contribution < 1.29 is 9.53 Å². The molecular formula is C15H24O2Si. The van der Waals surface area contributed by atoms with Crippen LogP contribution in [0.15, 0.2) is 30.3 Å². The Balaban J connectivity index is 2.39. The molecule has 1 fully saturated rings. The van der Waals surface area contributed by atoms with E-state index < -0.39 is 19.5 Å². The highest BCUT2D eigenvalue weighted by molar-refractivity contribution is 6.69. The summed E-state index contributed by atoms with van der Waals surface area (Å²) >= 11 is 0. The van der Waals surface area contributed by atoms with Gasteiger partial charge in [-0.25, -0.2) is 0 Å². The Morgan fingerprint density at radius 3 is 2.11 bits per heavy atom. The van der Waals surface area contributed by atoms with Crippen molar-refractivity contribution in [2.45, 2.75) is 51.1 Å². The topological polar surface area (TPSA) is 29.5 Å². The lowest BCUT2D eigenvalue weighted by molar-refractivity contribution is -0.000873. The van der Waals surface area contributed by atoms with Gasteiger partial charge in [0.25, 0.3) is 0 Å². The summed E-state index contributed by atoms with van der Waals surface area (Å²) in [6.07, 6.45) is 0.714. The van der Waals surface area contributed by atoms with Gasteiger partial charge in [-0.2, -0.15) is 0 Å². The molecular weight excluding hydrogens is 240 g/mol. The van der Waals surface area contributed by atoms with Crippen molar-refractivity contribution in [2.24, 2.45) is 5.92 Å². The standard InChI is InChI=1S/C15H24O2Si/c1-12(2)14(16)11-15(14,17-18(3,4)5)13-9-7-6-8-10-13/h6-10,12,16H,11H2,1-5H3. The van der Waals surface area contributed by atoms with Crippen LogP contribution in [0.1, 0.15) is 25.8 Å². The van der Waals surface area contributed by atoms with Crippen molar-refractivity contribution in [1.29, 1.82) is 0 Å². The molecule has 1 aromatic carbocycles. The van der Waals surface area contributed by atoms with Crippen molar-refractivity contribution in [3.05, 3.63) is 35.9 Å². The molecule has 1 aromatic rings. The molecule has 0 saturated heterocycles. The molecule has 1 N–H and O–H groups in total. The molecule has 0 aromatic heterocycles. The second-order valence-corrected chi connectivity index (χ2v) is 11.1. The van der Waals surface area contributed by atoms with Crippen LogP contribution in [0.3, 0.4) is 0 Å². The number of aliphatic hydroxyl groups is 1. The van der Waals surface area contributed by atoms with Crippen LogP contribution in [-0.2, 0) is 10.0 Å². The van der Waals surface area contributed by atoms with Crippen LogP contribution < -0.4 is 0 Å². The second-order valence-electron chi connectivity index (χ2n) is 6.66. The smallest absolute Gasteiger partial charge is 0.185 e. The van der Waals surface area contributed by atoms with E-state index in [0.717, 1.165) is 5.56 Å². The van der Waals surface area contributed by atoms with Crippen molar-refractivity contribution >= 4 is 8.32 Å². The predicted octanol–water partition coefficient (Wildman–Crippen LogP) is 3.52. The van der Waals surface area contributed by atoms with Crippen molar-refractivity contribution in [2.75, 3.05) is 0 Å². The first-order valence-corrected chi connectivity index (χ1v) is 10.1. The van der Waals surface area contributed by atoms with Gasteiger partial charge in [0.15, 0.2) is 8.32 Å². The normalized spacial score (nSPS) is 31.7. The molecule has 1 aliphatic rings. The number of hydrogen-bond donors (Lipinski definition) is 1. The summed E-state index contributed by atoms with van der Waals surface area (Å²) in [4.78, 5) is 0. The molecule has 0 spiro atoms. The van der Waals surface area contributed by atoms with E-state index in [9.17, 15) is 5.11 Å². The van der Waals surface area contributed by atoms with Crippen LogP contribution in [0.25, 0.3) is 0 Å². The minimum atomic E-state index is -1.71. The highest BCUT2D eigenvalue weighted by atomic mass is 28.4. The predicted molar refractivity (Wildman–Crippen MR) is 77.0 cm³/mol. The fraction of sp³-hybridized carbons (Fsp3) is 0.600. The highest BCUT2D eigenvalue weighted by Gasteiger charge is 2.71. The average molecular weight is 264 g/mol. The van der Waals surface area contributed by atoms with Gasteiger partial charge in [-0.1, -0.05) is 44.2 Å². The Labute approximate surface area is 111 Å². The third-order valence-electron chi connectivity index (χ3n) is 3.77. The molecule has 1 saturated carbocycles. The Bertz CT molecular complexity index is 424. The number of rotatable bonds is 4. The molecule has 0 aliphatic heterocycles. The minimum Gasteiger partial charge on any atom is -0.405 e. The van der Waals surface area contributed by atoms with Crippen LogP contribution in [0, 0.1) is 5.92 Å². The van der Waals surface area contributed by atoms with Gasteiger partial charge < -0.3 is 9.53 Å². The first kappa shape index (κ1) is 13.8. The first-order valence-electron chi connectivity index (χ1n) is 6.69. The van der Waals surface area contributed by atoms with E-state index in [1.54, 1.807) is 0 Å². The Kier molecular flexibility index (Phi) is 3.20. The maximum absolute atomic E-state index is 10.8. The molecule has 0 bridgehead atoms. The largest absolute Gasteiger partial charge is 0.405 e. The van der Waals surface area contributed by atoms with Crippen LogP contribution in [0.4, 0.5) is 0 Å². The fourth-order valence-corrected chi connectivity index (χ4v) is 4.18. The average Bonchev–Trinajstić information content (AvgIpc) is 2.85. The van der Waals surface area contributed by atoms with E-state index in [1.165, 1.54) is 0 Å². The van der Waals surface area contributed by atoms with Gasteiger partial charge in [0, 0.05) is 6.42 Å². The lowest BCUT2D eigenvalue weighted by Crippen LogP contribution is -2.39. The van der Waals surface area contributed by atoms with Gasteiger partial charge in [-0.05, 0) is 31.1 Å². The first-order chi connectivity index (χ1) is 8.21. The van der Waals surface area contributed by atoms with E-state index in [-0.39, 0.29) is 5.92 Å². The van der Waals surface area contributed by atoms with Crippen LogP contribution in [0.5, 0.6) is 0 Å². The third kappa shape index (κ3) is 2.15. The zero-order valence-electron chi connectivity index (χ0n) is 12.0. The summed E-state index contributed by atoms with van der Waals surface area (Å²) in [5.41, 5.74) is -0.0785. The monoisotopic (exact) mass is 264 g/mol. The summed E-state index contributed by atoms with van der Waals surface area (Å²) in [6, 6.07) is 10.2. The lowest BCUT2D eigenvalue weighted by Gasteiger charge is -2.31. The molecule has 100 valence electrons. The van der Waals surface area contributed by atoms with Gasteiger partial charge in [0.2, 0.25) is 0 Å². The Morgan fingerprint density at radius 2 is 1.72 bits per heavy atom. The highest BCUT2D eigenvalue weighted by Crippen LogP contribution is 2.62. The summed E-state index contributed by atoms with van der Waals surface area (Å²) in [5, 5.41) is 10.8. The van der Waals surface area contributed by atoms with Gasteiger partial charge in [-0.15, -0.1) is 0 Å². The second kappa shape index (κ2) is 4.19. The summed E-state index contributed by atoms with van der Waals surface area (Å²) < 4.78 is 6.39. The molecule has 0 heterocycles. The van der Waals surface area contributed by atoms with Gasteiger partial charge in [0.05, 0.1) is 0 Å². The van der Waals surface area contributed by atoms with Gasteiger partial charge in [-0.3, -0.25) is 0 Å². The number of benzene rings is 1. The van der Waals surface area contributed by atoms with E-state index in [1.807, 2.05) is 18.2 Å². The molecule has 0 amide bonds. The molecule has 2 unspecified atom stereocenters. The van der Waals surface area contributed by atoms with E-state index in [0.29, 0.717) is 6.42 Å². The summed E-state index contributed by atoms with van der Waals surface area (Å²) in [7, 11) is -1.71. The SMILES string of the molecule is CC(C)C1(O)CC1(O[Si](C)(C)C)c1ccccc1. The summed E-state index contributed by atoms with van der Waals surface area (Å²) in [5.74, 6) is 0.203. The van der Waals surface area contributed by atoms with Crippen molar-refractivity contribution in [3.63, 3.8) is 0 Å². The maximum Gasteiger partial charge on any atom is 0.185 e. The molecule has 2 nitrogen and oxygen atoms in total. The molecule has 0 radical (unpaired) electrons. The van der Waals surface area contributed by atoms with Crippen molar-refractivity contribution in [1.82, 2.24) is 0 Å². The molecule has 1 aliphatic carbocycles. The Morgan fingerprint density at radius 1 is 1.17 bits per heavy atom. The molecule has 3 heteroatoms. The van der Waals surface area contributed by atoms with E-state index in [2.05, 4.69) is 45.6 Å². The zero-order valence-corrected chi connectivity index (χ0v) is 13.0. The van der Waals surface area contributed by atoms with Gasteiger partial charge >= 0.3 is 0 Å². The molecule has 18 heavy (non-hydrogen) atoms. The van der Waals surface area contributed by atoms with E-state index >= 15 is 0 Å². The third-order valence-corrected chi connectivity index (χ3v) is 4.73. The van der Waals surface area contributed by atoms with Crippen LogP contribution in [0.2, 0.25) is 19.6 Å². The molecule has 2 atom stereocenters. The fourth-order valence-electron chi connectivity index (χ4n) is 2.77. The quantitative estimate of drug-likeness (QED) is 0.843. The lowest BCUT2D eigenvalue weighted by atomic mass is 9.96. The van der Waals surface area contributed by atoms with Crippen LogP contribution >= 0.6 is 0 Å². The zero-order chi connectivity index (χ0) is 13.6. The van der Waals surface area contributed by atoms with Gasteiger partial charge in [0.1, 0.15) is 11.2 Å².